The van der Waals surface area contributed by atoms with Gasteiger partial charge in [0.2, 0.25) is 0 Å². The molecular weight excluding hydrogens is 298 g/mol. The summed E-state index contributed by atoms with van der Waals surface area (Å²) in [4.78, 5) is 4.73. The molecule has 1 aromatic heterocycles. The fraction of sp³-hybridized carbons (Fsp3) is 0.350. The highest BCUT2D eigenvalue weighted by molar-refractivity contribution is 5.78. The predicted octanol–water partition coefficient (Wildman–Crippen LogP) is 4.06. The summed E-state index contributed by atoms with van der Waals surface area (Å²) >= 11 is 0. The van der Waals surface area contributed by atoms with Crippen LogP contribution in [0, 0.1) is 20.8 Å². The molecule has 1 atom stereocenters. The van der Waals surface area contributed by atoms with Crippen LogP contribution in [-0.4, -0.2) is 16.2 Å². The van der Waals surface area contributed by atoms with Gasteiger partial charge in [0.15, 0.2) is 0 Å². The first kappa shape index (κ1) is 16.5. The zero-order valence-corrected chi connectivity index (χ0v) is 14.8. The number of benzene rings is 2. The molecule has 24 heavy (non-hydrogen) atoms. The third-order valence-electron chi connectivity index (χ3n) is 4.41. The number of nitrogens with zero attached hydrogens (tertiary/aromatic N) is 2. The maximum Gasteiger partial charge on any atom is 0.126 e. The Kier molecular flexibility index (Phi) is 4.58. The van der Waals surface area contributed by atoms with Crippen LogP contribution in [0.25, 0.3) is 11.0 Å². The Labute approximate surface area is 143 Å². The molecule has 2 N–H and O–H groups in total. The number of hydrogen-bond donors (Lipinski definition) is 1. The third kappa shape index (κ3) is 3.29. The second-order valence-electron chi connectivity index (χ2n) is 6.50. The number of fused-ring (bicyclic) bond motifs is 1. The summed E-state index contributed by atoms with van der Waals surface area (Å²) in [5.41, 5.74) is 12.0. The number of nitrogens with two attached hydrogens (primary N) is 1. The summed E-state index contributed by atoms with van der Waals surface area (Å²) in [6, 6.07) is 12.3. The molecule has 4 nitrogen and oxygen atoms in total. The average molecular weight is 323 g/mol. The Morgan fingerprint density at radius 1 is 1.08 bits per heavy atom. The highest BCUT2D eigenvalue weighted by Crippen LogP contribution is 2.23. The van der Waals surface area contributed by atoms with E-state index in [1.807, 2.05) is 19.1 Å². The minimum atomic E-state index is -0.114. The van der Waals surface area contributed by atoms with Crippen molar-refractivity contribution in [3.05, 3.63) is 58.9 Å². The van der Waals surface area contributed by atoms with Crippen molar-refractivity contribution in [2.45, 2.75) is 40.3 Å². The second kappa shape index (κ2) is 6.65. The fourth-order valence-electron chi connectivity index (χ4n) is 2.87. The SMILES string of the molecule is Cc1ccc(OCCn2c(C(C)N)nc3cc(C)c(C)cc32)cc1. The van der Waals surface area contributed by atoms with E-state index in [1.165, 1.54) is 16.7 Å². The molecule has 0 amide bonds. The summed E-state index contributed by atoms with van der Waals surface area (Å²) in [6.45, 7) is 9.59. The monoisotopic (exact) mass is 323 g/mol. The fourth-order valence-corrected chi connectivity index (χ4v) is 2.87. The summed E-state index contributed by atoms with van der Waals surface area (Å²) in [5.74, 6) is 1.79. The van der Waals surface area contributed by atoms with Crippen LogP contribution < -0.4 is 10.5 Å². The zero-order chi connectivity index (χ0) is 17.3. The van der Waals surface area contributed by atoms with Gasteiger partial charge in [0.1, 0.15) is 18.2 Å². The maximum atomic E-state index is 6.13. The standard InChI is InChI=1S/C20H25N3O/c1-13-5-7-17(8-6-13)24-10-9-23-19-12-15(3)14(2)11-18(19)22-20(23)16(4)21/h5-8,11-12,16H,9-10,21H2,1-4H3. The van der Waals surface area contributed by atoms with E-state index in [9.17, 15) is 0 Å². The molecule has 126 valence electrons. The van der Waals surface area contributed by atoms with Gasteiger partial charge in [-0.15, -0.1) is 0 Å². The third-order valence-corrected chi connectivity index (χ3v) is 4.41. The number of hydrogen-bond acceptors (Lipinski definition) is 3. The van der Waals surface area contributed by atoms with Crippen molar-refractivity contribution in [3.8, 4) is 5.75 Å². The van der Waals surface area contributed by atoms with Crippen molar-refractivity contribution in [3.63, 3.8) is 0 Å². The lowest BCUT2D eigenvalue weighted by atomic mass is 10.1. The van der Waals surface area contributed by atoms with Gasteiger partial charge in [-0.3, -0.25) is 0 Å². The lowest BCUT2D eigenvalue weighted by molar-refractivity contribution is 0.297. The Hall–Kier alpha value is -2.33. The van der Waals surface area contributed by atoms with E-state index in [0.717, 1.165) is 29.2 Å². The zero-order valence-electron chi connectivity index (χ0n) is 14.8. The largest absolute Gasteiger partial charge is 0.492 e. The molecule has 2 aromatic carbocycles. The first-order valence-electron chi connectivity index (χ1n) is 8.38. The van der Waals surface area contributed by atoms with Crippen LogP contribution in [-0.2, 0) is 6.54 Å². The molecule has 0 bridgehead atoms. The Bertz CT molecular complexity index is 847. The Morgan fingerprint density at radius 2 is 1.75 bits per heavy atom. The number of rotatable bonds is 5. The van der Waals surface area contributed by atoms with Crippen molar-refractivity contribution in [2.24, 2.45) is 5.73 Å². The van der Waals surface area contributed by atoms with Crippen LogP contribution >= 0.6 is 0 Å². The smallest absolute Gasteiger partial charge is 0.126 e. The van der Waals surface area contributed by atoms with E-state index in [1.54, 1.807) is 0 Å². The van der Waals surface area contributed by atoms with Gasteiger partial charge in [-0.1, -0.05) is 17.7 Å². The van der Waals surface area contributed by atoms with E-state index in [0.29, 0.717) is 6.61 Å². The highest BCUT2D eigenvalue weighted by atomic mass is 16.5. The molecule has 0 fully saturated rings. The van der Waals surface area contributed by atoms with Crippen LogP contribution in [0.1, 0.15) is 35.5 Å². The first-order valence-corrected chi connectivity index (χ1v) is 8.38. The van der Waals surface area contributed by atoms with Gasteiger partial charge >= 0.3 is 0 Å². The lowest BCUT2D eigenvalue weighted by Crippen LogP contribution is -2.16. The average Bonchev–Trinajstić information content (AvgIpc) is 2.88. The normalized spacial score (nSPS) is 12.5. The molecule has 0 aliphatic carbocycles. The number of aryl methyl sites for hydroxylation is 3. The van der Waals surface area contributed by atoms with Crippen molar-refractivity contribution < 1.29 is 4.74 Å². The Morgan fingerprint density at radius 3 is 2.42 bits per heavy atom. The summed E-state index contributed by atoms with van der Waals surface area (Å²) in [5, 5.41) is 0. The molecule has 0 radical (unpaired) electrons. The topological polar surface area (TPSA) is 53.1 Å². The Balaban J connectivity index is 1.85. The molecule has 0 aliphatic heterocycles. The minimum Gasteiger partial charge on any atom is -0.492 e. The van der Waals surface area contributed by atoms with Gasteiger partial charge < -0.3 is 15.0 Å². The summed E-state index contributed by atoms with van der Waals surface area (Å²) in [7, 11) is 0. The van der Waals surface area contributed by atoms with E-state index in [-0.39, 0.29) is 6.04 Å². The van der Waals surface area contributed by atoms with Crippen LogP contribution in [0.3, 0.4) is 0 Å². The van der Waals surface area contributed by atoms with Crippen molar-refractivity contribution >= 4 is 11.0 Å². The maximum absolute atomic E-state index is 6.13. The van der Waals surface area contributed by atoms with Gasteiger partial charge in [-0.05, 0) is 63.1 Å². The minimum absolute atomic E-state index is 0.114. The predicted molar refractivity (Wildman–Crippen MR) is 98.5 cm³/mol. The van der Waals surface area contributed by atoms with Crippen LogP contribution in [0.5, 0.6) is 5.75 Å². The van der Waals surface area contributed by atoms with Crippen LogP contribution in [0.2, 0.25) is 0 Å². The molecular formula is C20H25N3O. The van der Waals surface area contributed by atoms with Crippen molar-refractivity contribution in [1.82, 2.24) is 9.55 Å². The molecule has 0 aliphatic rings. The molecule has 0 saturated carbocycles. The van der Waals surface area contributed by atoms with Crippen LogP contribution in [0.4, 0.5) is 0 Å². The van der Waals surface area contributed by atoms with Crippen LogP contribution in [0.15, 0.2) is 36.4 Å². The number of ether oxygens (including phenoxy) is 1. The molecule has 4 heteroatoms. The molecule has 0 spiro atoms. The second-order valence-corrected chi connectivity index (χ2v) is 6.50. The lowest BCUT2D eigenvalue weighted by Gasteiger charge is -2.13. The van der Waals surface area contributed by atoms with Crippen molar-refractivity contribution in [2.75, 3.05) is 6.61 Å². The molecule has 0 saturated heterocycles. The number of imidazole rings is 1. The molecule has 3 aromatic rings. The summed E-state index contributed by atoms with van der Waals surface area (Å²) in [6.07, 6.45) is 0. The van der Waals surface area contributed by atoms with Gasteiger partial charge in [0, 0.05) is 0 Å². The molecule has 1 unspecified atom stereocenters. The van der Waals surface area contributed by atoms with Gasteiger partial charge in [-0.2, -0.15) is 0 Å². The first-order chi connectivity index (χ1) is 11.5. The van der Waals surface area contributed by atoms with E-state index in [4.69, 9.17) is 15.5 Å². The molecule has 1 heterocycles. The van der Waals surface area contributed by atoms with Gasteiger partial charge in [-0.25, -0.2) is 4.98 Å². The van der Waals surface area contributed by atoms with Gasteiger partial charge in [0.25, 0.3) is 0 Å². The van der Waals surface area contributed by atoms with E-state index < -0.39 is 0 Å². The van der Waals surface area contributed by atoms with E-state index >= 15 is 0 Å². The molecule has 3 rings (SSSR count). The van der Waals surface area contributed by atoms with Crippen molar-refractivity contribution in [1.29, 1.82) is 0 Å². The van der Waals surface area contributed by atoms with Gasteiger partial charge in [0.05, 0.1) is 23.6 Å². The quantitative estimate of drug-likeness (QED) is 0.770. The number of aromatic nitrogens is 2. The summed E-state index contributed by atoms with van der Waals surface area (Å²) < 4.78 is 8.06. The van der Waals surface area contributed by atoms with E-state index in [2.05, 4.69) is 49.6 Å². The highest BCUT2D eigenvalue weighted by Gasteiger charge is 2.15.